The molecule has 2 aromatic rings. The van der Waals surface area contributed by atoms with Gasteiger partial charge in [0.05, 0.1) is 0 Å². The molecule has 0 bridgehead atoms. The normalized spacial score (nSPS) is 12.3. The summed E-state index contributed by atoms with van der Waals surface area (Å²) in [6.45, 7) is 0. The lowest BCUT2D eigenvalue weighted by Gasteiger charge is -2.17. The summed E-state index contributed by atoms with van der Waals surface area (Å²) in [5, 5.41) is 9.55. The number of aliphatic carboxylic acids is 1. The van der Waals surface area contributed by atoms with Crippen molar-refractivity contribution >= 4 is 17.6 Å². The number of hydrogen-bond acceptors (Lipinski definition) is 4. The number of carbonyl (C=O) groups is 1. The van der Waals surface area contributed by atoms with Crippen molar-refractivity contribution in [3.05, 3.63) is 53.6 Å². The molecule has 0 aliphatic carbocycles. The molecule has 0 saturated heterocycles. The maximum Gasteiger partial charge on any atom is 0.573 e. The summed E-state index contributed by atoms with van der Waals surface area (Å²) in [7, 11) is 0. The second-order valence-corrected chi connectivity index (χ2v) is 4.82. The Morgan fingerprint density at radius 3 is 1.75 bits per heavy atom. The highest BCUT2D eigenvalue weighted by molar-refractivity contribution is 6.30. The molecule has 2 aromatic carbocycles. The van der Waals surface area contributed by atoms with Crippen molar-refractivity contribution in [1.29, 1.82) is 0 Å². The van der Waals surface area contributed by atoms with E-state index in [0.29, 0.717) is 5.02 Å². The van der Waals surface area contributed by atoms with Crippen LogP contribution in [0, 0.1) is 0 Å². The van der Waals surface area contributed by atoms with Crippen molar-refractivity contribution in [2.24, 2.45) is 0 Å². The second kappa shape index (κ2) is 7.31. The van der Waals surface area contributed by atoms with Gasteiger partial charge in [0.2, 0.25) is 0 Å². The molecule has 128 valence electrons. The van der Waals surface area contributed by atoms with E-state index < -0.39 is 24.4 Å². The molecule has 5 nitrogen and oxygen atoms in total. The minimum Gasteiger partial charge on any atom is -0.476 e. The molecule has 0 amide bonds. The second-order valence-electron chi connectivity index (χ2n) is 4.38. The van der Waals surface area contributed by atoms with E-state index in [1.165, 1.54) is 24.3 Å². The Morgan fingerprint density at radius 1 is 0.917 bits per heavy atom. The average molecular weight is 363 g/mol. The van der Waals surface area contributed by atoms with Crippen molar-refractivity contribution in [2.75, 3.05) is 0 Å². The molecule has 0 aromatic heterocycles. The number of carboxylic acid groups (broad SMARTS) is 1. The molecule has 1 unspecified atom stereocenters. The van der Waals surface area contributed by atoms with Gasteiger partial charge in [0.1, 0.15) is 17.2 Å². The highest BCUT2D eigenvalue weighted by atomic mass is 35.5. The highest BCUT2D eigenvalue weighted by Gasteiger charge is 2.31. The third-order valence-corrected chi connectivity index (χ3v) is 2.81. The summed E-state index contributed by atoms with van der Waals surface area (Å²) in [5.41, 5.74) is 0. The zero-order valence-corrected chi connectivity index (χ0v) is 12.5. The summed E-state index contributed by atoms with van der Waals surface area (Å²) in [4.78, 5) is 11.2. The Kier molecular flexibility index (Phi) is 5.40. The van der Waals surface area contributed by atoms with E-state index in [0.717, 1.165) is 24.3 Å². The lowest BCUT2D eigenvalue weighted by atomic mass is 10.3. The predicted molar refractivity (Wildman–Crippen MR) is 77.3 cm³/mol. The highest BCUT2D eigenvalue weighted by Crippen LogP contribution is 2.25. The van der Waals surface area contributed by atoms with Gasteiger partial charge >= 0.3 is 18.6 Å². The quantitative estimate of drug-likeness (QED) is 0.783. The standard InChI is InChI=1S/C15H10ClF3O5/c16-9-1-3-10(4-2-9)22-14(13(20)21)23-11-5-7-12(8-6-11)24-15(17,18)19/h1-8,14H,(H,20,21). The topological polar surface area (TPSA) is 65.0 Å². The zero-order valence-electron chi connectivity index (χ0n) is 11.8. The van der Waals surface area contributed by atoms with Gasteiger partial charge in [-0.3, -0.25) is 0 Å². The first-order chi connectivity index (χ1) is 11.2. The van der Waals surface area contributed by atoms with Crippen LogP contribution in [0.5, 0.6) is 17.2 Å². The van der Waals surface area contributed by atoms with Crippen molar-refractivity contribution < 1.29 is 37.3 Å². The molecule has 0 saturated carbocycles. The van der Waals surface area contributed by atoms with Crippen molar-refractivity contribution in [2.45, 2.75) is 12.7 Å². The summed E-state index contributed by atoms with van der Waals surface area (Å²) in [6, 6.07) is 10.1. The van der Waals surface area contributed by atoms with Gasteiger partial charge < -0.3 is 19.3 Å². The van der Waals surface area contributed by atoms with Gasteiger partial charge in [-0.05, 0) is 48.5 Å². The lowest BCUT2D eigenvalue weighted by molar-refractivity contribution is -0.274. The molecule has 24 heavy (non-hydrogen) atoms. The lowest BCUT2D eigenvalue weighted by Crippen LogP contribution is -2.33. The van der Waals surface area contributed by atoms with Gasteiger partial charge in [-0.15, -0.1) is 13.2 Å². The number of ether oxygens (including phenoxy) is 3. The molecule has 0 radical (unpaired) electrons. The molecule has 0 fully saturated rings. The number of benzene rings is 2. The Hall–Kier alpha value is -2.61. The van der Waals surface area contributed by atoms with Crippen molar-refractivity contribution in [3.63, 3.8) is 0 Å². The number of rotatable bonds is 6. The van der Waals surface area contributed by atoms with E-state index in [4.69, 9.17) is 26.2 Å². The molecule has 1 atom stereocenters. The summed E-state index contributed by atoms with van der Waals surface area (Å²) in [5.74, 6) is -1.68. The minimum absolute atomic E-state index is 0.00844. The fourth-order valence-corrected chi connectivity index (χ4v) is 1.73. The van der Waals surface area contributed by atoms with Crippen molar-refractivity contribution in [1.82, 2.24) is 0 Å². The number of hydrogen-bond donors (Lipinski definition) is 1. The summed E-state index contributed by atoms with van der Waals surface area (Å²) >= 11 is 5.71. The van der Waals surface area contributed by atoms with E-state index in [-0.39, 0.29) is 11.5 Å². The summed E-state index contributed by atoms with van der Waals surface area (Å²) < 4.78 is 50.2. The van der Waals surface area contributed by atoms with Crippen LogP contribution in [-0.4, -0.2) is 23.7 Å². The molecular weight excluding hydrogens is 353 g/mol. The third kappa shape index (κ3) is 5.54. The van der Waals surface area contributed by atoms with Crippen LogP contribution in [-0.2, 0) is 4.79 Å². The maximum atomic E-state index is 12.1. The van der Waals surface area contributed by atoms with Crippen LogP contribution < -0.4 is 14.2 Å². The Bertz CT molecular complexity index is 686. The summed E-state index contributed by atoms with van der Waals surface area (Å²) in [6.07, 6.45) is -6.51. The Morgan fingerprint density at radius 2 is 1.33 bits per heavy atom. The third-order valence-electron chi connectivity index (χ3n) is 2.56. The van der Waals surface area contributed by atoms with Gasteiger partial charge in [-0.25, -0.2) is 4.79 Å². The molecule has 0 aliphatic heterocycles. The van der Waals surface area contributed by atoms with E-state index in [9.17, 15) is 18.0 Å². The fraction of sp³-hybridized carbons (Fsp3) is 0.133. The van der Waals surface area contributed by atoms with Gasteiger partial charge in [0.25, 0.3) is 0 Å². The number of alkyl halides is 3. The molecule has 2 rings (SSSR count). The van der Waals surface area contributed by atoms with Gasteiger partial charge in [0.15, 0.2) is 0 Å². The molecule has 9 heteroatoms. The van der Waals surface area contributed by atoms with Crippen LogP contribution in [0.1, 0.15) is 0 Å². The van der Waals surface area contributed by atoms with Crippen LogP contribution in [0.2, 0.25) is 5.02 Å². The minimum atomic E-state index is -4.82. The largest absolute Gasteiger partial charge is 0.573 e. The number of carboxylic acids is 1. The van der Waals surface area contributed by atoms with Crippen LogP contribution in [0.3, 0.4) is 0 Å². The fourth-order valence-electron chi connectivity index (χ4n) is 1.61. The van der Waals surface area contributed by atoms with E-state index in [1.54, 1.807) is 0 Å². The van der Waals surface area contributed by atoms with Crippen molar-refractivity contribution in [3.8, 4) is 17.2 Å². The van der Waals surface area contributed by atoms with E-state index in [1.807, 2.05) is 0 Å². The van der Waals surface area contributed by atoms with Crippen LogP contribution >= 0.6 is 11.6 Å². The first kappa shape index (κ1) is 17.7. The Labute approximate surface area is 139 Å². The predicted octanol–water partition coefficient (Wildman–Crippen LogP) is 4.11. The van der Waals surface area contributed by atoms with Crippen LogP contribution in [0.25, 0.3) is 0 Å². The van der Waals surface area contributed by atoms with Gasteiger partial charge in [0, 0.05) is 5.02 Å². The molecule has 1 N–H and O–H groups in total. The number of halogens is 4. The van der Waals surface area contributed by atoms with Crippen LogP contribution in [0.4, 0.5) is 13.2 Å². The smallest absolute Gasteiger partial charge is 0.476 e. The van der Waals surface area contributed by atoms with E-state index >= 15 is 0 Å². The molecule has 0 aliphatic rings. The molecule has 0 spiro atoms. The van der Waals surface area contributed by atoms with Gasteiger partial charge in [-0.1, -0.05) is 11.6 Å². The Balaban J connectivity index is 2.05. The monoisotopic (exact) mass is 362 g/mol. The van der Waals surface area contributed by atoms with Gasteiger partial charge in [-0.2, -0.15) is 0 Å². The first-order valence-electron chi connectivity index (χ1n) is 6.40. The van der Waals surface area contributed by atoms with E-state index in [2.05, 4.69) is 4.74 Å². The SMILES string of the molecule is O=C(O)C(Oc1ccc(Cl)cc1)Oc1ccc(OC(F)(F)F)cc1. The zero-order chi connectivity index (χ0) is 17.7. The van der Waals surface area contributed by atoms with Crippen LogP contribution in [0.15, 0.2) is 48.5 Å². The maximum absolute atomic E-state index is 12.1. The first-order valence-corrected chi connectivity index (χ1v) is 6.78. The average Bonchev–Trinajstić information content (AvgIpc) is 2.49. The molecular formula is C15H10ClF3O5. The molecule has 0 heterocycles.